The highest BCUT2D eigenvalue weighted by atomic mass is 32.2. The number of H-pyrrole nitrogens is 1. The minimum atomic E-state index is -0.310. The van der Waals surface area contributed by atoms with E-state index in [0.717, 1.165) is 26.4 Å². The minimum Gasteiger partial charge on any atom is -0.493 e. The smallest absolute Gasteiger partial charge is 0.285 e. The lowest BCUT2D eigenvalue weighted by Crippen LogP contribution is -2.33. The van der Waals surface area contributed by atoms with Gasteiger partial charge in [0.05, 0.1) is 32.4 Å². The molecular formula is C32H26N4O4S. The number of nitrogens with zero attached hydrogens (tertiary/aromatic N) is 3. The fraction of sp³-hybridized carbons (Fsp3) is 0.0938. The van der Waals surface area contributed by atoms with Crippen molar-refractivity contribution in [2.75, 3.05) is 26.2 Å². The third-order valence-corrected chi connectivity index (χ3v) is 7.51. The van der Waals surface area contributed by atoms with Gasteiger partial charge in [0.2, 0.25) is 11.7 Å². The summed E-state index contributed by atoms with van der Waals surface area (Å²) >= 11 is 1.66. The molecule has 6 rings (SSSR count). The van der Waals surface area contributed by atoms with Crippen molar-refractivity contribution >= 4 is 46.6 Å². The monoisotopic (exact) mass is 562 g/mol. The Bertz CT molecular complexity index is 1770. The van der Waals surface area contributed by atoms with E-state index in [2.05, 4.69) is 17.1 Å². The van der Waals surface area contributed by atoms with Gasteiger partial charge >= 0.3 is 0 Å². The first kappa shape index (κ1) is 26.2. The van der Waals surface area contributed by atoms with Crippen LogP contribution >= 0.6 is 11.8 Å². The van der Waals surface area contributed by atoms with Gasteiger partial charge in [-0.2, -0.15) is 0 Å². The quantitative estimate of drug-likeness (QED) is 0.215. The number of anilines is 1. The standard InChI is InChI=1S/C32H26N4O4S/c1-38-27-17-20(18-28(39-2)29(27)40-3)16-26-31(37)36(30(33-26)21-10-6-4-7-11-21)32-34-24-15-14-23(19-25(24)35-32)41-22-12-8-5-9-13-22/h4-19H,1-3H3,(H,34,35)/b26-16-. The predicted octanol–water partition coefficient (Wildman–Crippen LogP) is 6.57. The number of fused-ring (bicyclic) bond motifs is 1. The van der Waals surface area contributed by atoms with E-state index in [-0.39, 0.29) is 11.6 Å². The van der Waals surface area contributed by atoms with E-state index in [1.807, 2.05) is 66.7 Å². The number of rotatable bonds is 8. The summed E-state index contributed by atoms with van der Waals surface area (Å²) in [7, 11) is 4.64. The number of benzene rings is 4. The number of imidazole rings is 1. The predicted molar refractivity (Wildman–Crippen MR) is 161 cm³/mol. The van der Waals surface area contributed by atoms with Gasteiger partial charge < -0.3 is 19.2 Å². The Morgan fingerprint density at radius 1 is 0.805 bits per heavy atom. The van der Waals surface area contributed by atoms with E-state index in [9.17, 15) is 4.79 Å². The van der Waals surface area contributed by atoms with Crippen molar-refractivity contribution in [2.45, 2.75) is 9.79 Å². The number of aromatic amines is 1. The highest BCUT2D eigenvalue weighted by molar-refractivity contribution is 7.99. The Morgan fingerprint density at radius 2 is 1.49 bits per heavy atom. The maximum Gasteiger partial charge on any atom is 0.285 e. The van der Waals surface area contributed by atoms with Gasteiger partial charge in [0.25, 0.3) is 5.91 Å². The topological polar surface area (TPSA) is 89.0 Å². The molecule has 1 aliphatic heterocycles. The molecule has 0 aliphatic carbocycles. The molecule has 2 heterocycles. The first-order valence-electron chi connectivity index (χ1n) is 12.8. The average Bonchev–Trinajstić information content (AvgIpc) is 3.57. The van der Waals surface area contributed by atoms with Gasteiger partial charge in [0.15, 0.2) is 17.3 Å². The molecule has 0 saturated heterocycles. The number of aliphatic imine (C=N–C) groups is 1. The summed E-state index contributed by atoms with van der Waals surface area (Å²) in [6.07, 6.45) is 1.70. The molecule has 1 aromatic heterocycles. The molecule has 1 aliphatic rings. The average molecular weight is 563 g/mol. The van der Waals surface area contributed by atoms with Crippen molar-refractivity contribution in [2.24, 2.45) is 4.99 Å². The van der Waals surface area contributed by atoms with Crippen molar-refractivity contribution in [1.29, 1.82) is 0 Å². The van der Waals surface area contributed by atoms with Crippen LogP contribution in [0.25, 0.3) is 17.1 Å². The molecule has 0 saturated carbocycles. The van der Waals surface area contributed by atoms with Crippen LogP contribution in [0.2, 0.25) is 0 Å². The van der Waals surface area contributed by atoms with Gasteiger partial charge in [0, 0.05) is 15.4 Å². The van der Waals surface area contributed by atoms with E-state index < -0.39 is 0 Å². The maximum absolute atomic E-state index is 13.9. The summed E-state index contributed by atoms with van der Waals surface area (Å²) < 4.78 is 16.4. The van der Waals surface area contributed by atoms with Crippen LogP contribution in [0.1, 0.15) is 11.1 Å². The molecule has 1 amide bonds. The number of methoxy groups -OCH3 is 3. The lowest BCUT2D eigenvalue weighted by molar-refractivity contribution is -0.113. The molecule has 0 unspecified atom stereocenters. The van der Waals surface area contributed by atoms with Crippen LogP contribution in [-0.2, 0) is 4.79 Å². The summed E-state index contributed by atoms with van der Waals surface area (Å²) in [5.41, 5.74) is 3.28. The van der Waals surface area contributed by atoms with Crippen molar-refractivity contribution in [3.63, 3.8) is 0 Å². The Morgan fingerprint density at radius 3 is 2.15 bits per heavy atom. The number of ether oxygens (including phenoxy) is 3. The Balaban J connectivity index is 1.40. The van der Waals surface area contributed by atoms with Gasteiger partial charge in [0.1, 0.15) is 5.70 Å². The second-order valence-corrected chi connectivity index (χ2v) is 10.2. The molecule has 4 aromatic carbocycles. The molecule has 8 nitrogen and oxygen atoms in total. The molecule has 0 radical (unpaired) electrons. The normalized spacial score (nSPS) is 14.0. The second-order valence-electron chi connectivity index (χ2n) is 9.08. The maximum atomic E-state index is 13.9. The highest BCUT2D eigenvalue weighted by Gasteiger charge is 2.34. The van der Waals surface area contributed by atoms with E-state index in [1.54, 1.807) is 51.3 Å². The van der Waals surface area contributed by atoms with Crippen LogP contribution in [0.5, 0.6) is 17.2 Å². The van der Waals surface area contributed by atoms with Crippen LogP contribution in [0, 0.1) is 0 Å². The molecule has 0 bridgehead atoms. The molecule has 1 N–H and O–H groups in total. The van der Waals surface area contributed by atoms with Crippen LogP contribution in [-0.4, -0.2) is 43.0 Å². The zero-order valence-corrected chi connectivity index (χ0v) is 23.4. The van der Waals surface area contributed by atoms with Gasteiger partial charge in [-0.25, -0.2) is 14.9 Å². The molecule has 41 heavy (non-hydrogen) atoms. The first-order valence-corrected chi connectivity index (χ1v) is 13.6. The number of nitrogens with one attached hydrogen (secondary N) is 1. The van der Waals surface area contributed by atoms with Crippen molar-refractivity contribution in [1.82, 2.24) is 9.97 Å². The summed E-state index contributed by atoms with van der Waals surface area (Å²) in [6.45, 7) is 0. The van der Waals surface area contributed by atoms with Crippen molar-refractivity contribution in [3.8, 4) is 17.2 Å². The van der Waals surface area contributed by atoms with E-state index in [4.69, 9.17) is 24.2 Å². The van der Waals surface area contributed by atoms with Gasteiger partial charge in [-0.3, -0.25) is 4.79 Å². The number of aromatic nitrogens is 2. The van der Waals surface area contributed by atoms with Crippen LogP contribution < -0.4 is 19.1 Å². The minimum absolute atomic E-state index is 0.249. The third-order valence-electron chi connectivity index (χ3n) is 6.51. The number of amidine groups is 1. The Kier molecular flexibility index (Phi) is 7.18. The van der Waals surface area contributed by atoms with Gasteiger partial charge in [-0.1, -0.05) is 60.3 Å². The second kappa shape index (κ2) is 11.2. The number of hydrogen-bond donors (Lipinski definition) is 1. The number of carbonyl (C=O) groups excluding carboxylic acids is 1. The third kappa shape index (κ3) is 5.15. The Labute approximate surface area is 241 Å². The highest BCUT2D eigenvalue weighted by Crippen LogP contribution is 2.39. The van der Waals surface area contributed by atoms with Crippen LogP contribution in [0.4, 0.5) is 5.95 Å². The number of hydrogen-bond acceptors (Lipinski definition) is 7. The molecular weight excluding hydrogens is 536 g/mol. The number of carbonyl (C=O) groups is 1. The van der Waals surface area contributed by atoms with Crippen LogP contribution in [0.15, 0.2) is 111 Å². The molecule has 0 fully saturated rings. The Hall–Kier alpha value is -5.02. The zero-order chi connectivity index (χ0) is 28.3. The molecule has 0 spiro atoms. The molecule has 5 aromatic rings. The summed E-state index contributed by atoms with van der Waals surface area (Å²) in [6, 6.07) is 29.3. The summed E-state index contributed by atoms with van der Waals surface area (Å²) in [4.78, 5) is 30.5. The molecule has 9 heteroatoms. The van der Waals surface area contributed by atoms with Crippen LogP contribution in [0.3, 0.4) is 0 Å². The van der Waals surface area contributed by atoms with E-state index in [1.165, 1.54) is 4.90 Å². The zero-order valence-electron chi connectivity index (χ0n) is 22.6. The first-order chi connectivity index (χ1) is 20.1. The van der Waals surface area contributed by atoms with E-state index >= 15 is 0 Å². The van der Waals surface area contributed by atoms with Gasteiger partial charge in [-0.05, 0) is 54.1 Å². The SMILES string of the molecule is COc1cc(/C=C2\N=C(c3ccccc3)N(c3nc4ccc(Sc5ccccc5)cc4[nH]3)C2=O)cc(OC)c1OC. The summed E-state index contributed by atoms with van der Waals surface area (Å²) in [5.74, 6) is 1.99. The fourth-order valence-electron chi connectivity index (χ4n) is 4.61. The van der Waals surface area contributed by atoms with Crippen molar-refractivity contribution in [3.05, 3.63) is 108 Å². The number of amides is 1. The lowest BCUT2D eigenvalue weighted by atomic mass is 10.1. The lowest BCUT2D eigenvalue weighted by Gasteiger charge is -2.15. The fourth-order valence-corrected chi connectivity index (χ4v) is 5.48. The van der Waals surface area contributed by atoms with E-state index in [0.29, 0.717) is 34.6 Å². The summed E-state index contributed by atoms with van der Waals surface area (Å²) in [5, 5.41) is 0. The molecule has 204 valence electrons. The largest absolute Gasteiger partial charge is 0.493 e. The molecule has 0 atom stereocenters. The van der Waals surface area contributed by atoms with Crippen molar-refractivity contribution < 1.29 is 19.0 Å². The van der Waals surface area contributed by atoms with Gasteiger partial charge in [-0.15, -0.1) is 0 Å².